The van der Waals surface area contributed by atoms with Crippen LogP contribution in [-0.2, 0) is 4.74 Å². The third-order valence-corrected chi connectivity index (χ3v) is 2.47. The molecule has 0 bridgehead atoms. The first-order valence-corrected chi connectivity index (χ1v) is 6.31. The monoisotopic (exact) mass is 232 g/mol. The lowest BCUT2D eigenvalue weighted by Gasteiger charge is -2.27. The van der Waals surface area contributed by atoms with Crippen LogP contribution < -0.4 is 5.32 Å². The highest BCUT2D eigenvalue weighted by molar-refractivity contribution is 4.72. The van der Waals surface area contributed by atoms with Crippen molar-refractivity contribution in [2.24, 2.45) is 0 Å². The number of hydrogen-bond acceptors (Lipinski definition) is 4. The topological polar surface area (TPSA) is 44.7 Å². The van der Waals surface area contributed by atoms with Crippen LogP contribution in [0.1, 0.15) is 27.7 Å². The molecule has 0 radical (unpaired) electrons. The molecule has 16 heavy (non-hydrogen) atoms. The van der Waals surface area contributed by atoms with Crippen molar-refractivity contribution in [1.82, 2.24) is 10.2 Å². The number of ether oxygens (including phenoxy) is 1. The Morgan fingerprint density at radius 2 is 2.00 bits per heavy atom. The zero-order valence-corrected chi connectivity index (χ0v) is 11.2. The highest BCUT2D eigenvalue weighted by Gasteiger charge is 2.12. The zero-order chi connectivity index (χ0) is 12.4. The summed E-state index contributed by atoms with van der Waals surface area (Å²) in [5, 5.41) is 12.6. The fourth-order valence-corrected chi connectivity index (χ4v) is 1.66. The largest absolute Gasteiger partial charge is 0.395 e. The summed E-state index contributed by atoms with van der Waals surface area (Å²) in [5.41, 5.74) is 0. The van der Waals surface area contributed by atoms with E-state index in [2.05, 4.69) is 31.0 Å². The second-order valence-electron chi connectivity index (χ2n) is 4.29. The average Bonchev–Trinajstić information content (AvgIpc) is 2.26. The minimum Gasteiger partial charge on any atom is -0.395 e. The van der Waals surface area contributed by atoms with Gasteiger partial charge < -0.3 is 15.2 Å². The van der Waals surface area contributed by atoms with Crippen LogP contribution in [0.2, 0.25) is 0 Å². The molecule has 1 atom stereocenters. The zero-order valence-electron chi connectivity index (χ0n) is 11.2. The SMILES string of the molecule is CCOCCN(CC)CC(CO)NC(C)C. The van der Waals surface area contributed by atoms with Crippen LogP contribution in [0, 0.1) is 0 Å². The lowest BCUT2D eigenvalue weighted by atomic mass is 10.2. The molecule has 0 aliphatic heterocycles. The van der Waals surface area contributed by atoms with Crippen molar-refractivity contribution >= 4 is 0 Å². The summed E-state index contributed by atoms with van der Waals surface area (Å²) < 4.78 is 5.34. The summed E-state index contributed by atoms with van der Waals surface area (Å²) >= 11 is 0. The van der Waals surface area contributed by atoms with Gasteiger partial charge in [0, 0.05) is 31.8 Å². The predicted octanol–water partition coefficient (Wildman–Crippen LogP) is 0.704. The molecule has 0 saturated carbocycles. The molecule has 0 amide bonds. The van der Waals surface area contributed by atoms with Gasteiger partial charge in [-0.05, 0) is 13.5 Å². The normalized spacial score (nSPS) is 13.7. The Kier molecular flexibility index (Phi) is 9.92. The molecular formula is C12H28N2O2. The number of hydrogen-bond donors (Lipinski definition) is 2. The first kappa shape index (κ1) is 15.8. The maximum Gasteiger partial charge on any atom is 0.0597 e. The molecule has 0 aliphatic carbocycles. The van der Waals surface area contributed by atoms with Gasteiger partial charge in [-0.25, -0.2) is 0 Å². The molecule has 1 unspecified atom stereocenters. The molecule has 0 aromatic rings. The Hall–Kier alpha value is -0.160. The molecule has 4 nitrogen and oxygen atoms in total. The van der Waals surface area contributed by atoms with Crippen molar-refractivity contribution in [2.45, 2.75) is 39.8 Å². The van der Waals surface area contributed by atoms with Crippen LogP contribution in [0.15, 0.2) is 0 Å². The lowest BCUT2D eigenvalue weighted by Crippen LogP contribution is -2.46. The minimum absolute atomic E-state index is 0.154. The van der Waals surface area contributed by atoms with Gasteiger partial charge in [0.25, 0.3) is 0 Å². The molecule has 0 rings (SSSR count). The number of nitrogens with zero attached hydrogens (tertiary/aromatic N) is 1. The van der Waals surface area contributed by atoms with Gasteiger partial charge in [-0.2, -0.15) is 0 Å². The first-order valence-electron chi connectivity index (χ1n) is 6.31. The van der Waals surface area contributed by atoms with Gasteiger partial charge in [-0.1, -0.05) is 20.8 Å². The van der Waals surface area contributed by atoms with Crippen LogP contribution in [-0.4, -0.2) is 61.5 Å². The van der Waals surface area contributed by atoms with Crippen molar-refractivity contribution in [3.63, 3.8) is 0 Å². The molecule has 0 aromatic carbocycles. The predicted molar refractivity (Wildman–Crippen MR) is 67.8 cm³/mol. The Morgan fingerprint density at radius 3 is 2.44 bits per heavy atom. The molecule has 2 N–H and O–H groups in total. The Morgan fingerprint density at radius 1 is 1.31 bits per heavy atom. The maximum atomic E-state index is 9.27. The number of rotatable bonds is 10. The second-order valence-corrected chi connectivity index (χ2v) is 4.29. The van der Waals surface area contributed by atoms with Gasteiger partial charge in [0.2, 0.25) is 0 Å². The summed E-state index contributed by atoms with van der Waals surface area (Å²) in [4.78, 5) is 2.30. The van der Waals surface area contributed by atoms with Crippen LogP contribution >= 0.6 is 0 Å². The van der Waals surface area contributed by atoms with Crippen LogP contribution in [0.4, 0.5) is 0 Å². The smallest absolute Gasteiger partial charge is 0.0597 e. The van der Waals surface area contributed by atoms with Gasteiger partial charge >= 0.3 is 0 Å². The second kappa shape index (κ2) is 10.0. The summed E-state index contributed by atoms with van der Waals surface area (Å²) in [6.45, 7) is 12.8. The van der Waals surface area contributed by atoms with Crippen molar-refractivity contribution in [3.8, 4) is 0 Å². The summed E-state index contributed by atoms with van der Waals surface area (Å²) in [6, 6.07) is 0.560. The van der Waals surface area contributed by atoms with E-state index >= 15 is 0 Å². The van der Waals surface area contributed by atoms with Gasteiger partial charge in [-0.3, -0.25) is 4.90 Å². The molecule has 0 heterocycles. The number of aliphatic hydroxyl groups excluding tert-OH is 1. The van der Waals surface area contributed by atoms with E-state index < -0.39 is 0 Å². The van der Waals surface area contributed by atoms with E-state index in [1.54, 1.807) is 0 Å². The van der Waals surface area contributed by atoms with E-state index in [0.29, 0.717) is 6.04 Å². The average molecular weight is 232 g/mol. The first-order chi connectivity index (χ1) is 7.63. The van der Waals surface area contributed by atoms with E-state index in [9.17, 15) is 5.11 Å². The Bertz CT molecular complexity index is 154. The summed E-state index contributed by atoms with van der Waals surface area (Å²) in [7, 11) is 0. The lowest BCUT2D eigenvalue weighted by molar-refractivity contribution is 0.104. The fourth-order valence-electron chi connectivity index (χ4n) is 1.66. The van der Waals surface area contributed by atoms with Crippen molar-refractivity contribution in [2.75, 3.05) is 39.5 Å². The van der Waals surface area contributed by atoms with Crippen LogP contribution in [0.25, 0.3) is 0 Å². The van der Waals surface area contributed by atoms with E-state index in [1.165, 1.54) is 0 Å². The van der Waals surface area contributed by atoms with Gasteiger partial charge in [0.1, 0.15) is 0 Å². The summed E-state index contributed by atoms with van der Waals surface area (Å²) in [6.07, 6.45) is 0. The molecule has 0 spiro atoms. The van der Waals surface area contributed by atoms with Crippen molar-refractivity contribution < 1.29 is 9.84 Å². The quantitative estimate of drug-likeness (QED) is 0.544. The summed E-state index contributed by atoms with van der Waals surface area (Å²) in [5.74, 6) is 0. The third kappa shape index (κ3) is 8.05. The highest BCUT2D eigenvalue weighted by Crippen LogP contribution is 1.95. The van der Waals surface area contributed by atoms with E-state index in [1.807, 2.05) is 6.92 Å². The Labute approximate surface area is 100.0 Å². The highest BCUT2D eigenvalue weighted by atomic mass is 16.5. The standard InChI is InChI=1S/C12H28N2O2/c1-5-14(7-8-16-6-2)9-12(10-15)13-11(3)4/h11-13,15H,5-10H2,1-4H3. The molecule has 0 saturated heterocycles. The van der Waals surface area contributed by atoms with E-state index in [0.717, 1.165) is 32.8 Å². The van der Waals surface area contributed by atoms with Crippen LogP contribution in [0.5, 0.6) is 0 Å². The van der Waals surface area contributed by atoms with E-state index in [-0.39, 0.29) is 12.6 Å². The molecule has 4 heteroatoms. The molecular weight excluding hydrogens is 204 g/mol. The third-order valence-electron chi connectivity index (χ3n) is 2.47. The van der Waals surface area contributed by atoms with Crippen molar-refractivity contribution in [1.29, 1.82) is 0 Å². The van der Waals surface area contributed by atoms with Gasteiger partial charge in [0.15, 0.2) is 0 Å². The van der Waals surface area contributed by atoms with Gasteiger partial charge in [0.05, 0.1) is 13.2 Å². The number of nitrogens with one attached hydrogen (secondary N) is 1. The minimum atomic E-state index is 0.154. The number of likely N-dealkylation sites (N-methyl/N-ethyl adjacent to an activating group) is 1. The molecule has 0 fully saturated rings. The number of aliphatic hydroxyl groups is 1. The molecule has 0 aromatic heterocycles. The van der Waals surface area contributed by atoms with Crippen LogP contribution in [0.3, 0.4) is 0 Å². The molecule has 0 aliphatic rings. The maximum absolute atomic E-state index is 9.27. The fraction of sp³-hybridized carbons (Fsp3) is 1.00. The van der Waals surface area contributed by atoms with Crippen molar-refractivity contribution in [3.05, 3.63) is 0 Å². The Balaban J connectivity index is 3.86. The molecule has 98 valence electrons. The van der Waals surface area contributed by atoms with Gasteiger partial charge in [-0.15, -0.1) is 0 Å². The van der Waals surface area contributed by atoms with E-state index in [4.69, 9.17) is 4.74 Å².